The van der Waals surface area contributed by atoms with Gasteiger partial charge in [-0.25, -0.2) is 4.99 Å². The molecule has 0 N–H and O–H groups in total. The summed E-state index contributed by atoms with van der Waals surface area (Å²) in [6.07, 6.45) is -1.28. The zero-order valence-electron chi connectivity index (χ0n) is 22.0. The molecule has 2 aliphatic heterocycles. The van der Waals surface area contributed by atoms with E-state index in [-0.39, 0.29) is 18.0 Å². The molecule has 0 radical (unpaired) electrons. The molecule has 1 amide bonds. The second kappa shape index (κ2) is 10.6. The number of carbonyl (C=O) groups is 1. The summed E-state index contributed by atoms with van der Waals surface area (Å²) in [7, 11) is 3.01. The topological polar surface area (TPSA) is 85.1 Å². The van der Waals surface area contributed by atoms with Crippen molar-refractivity contribution in [2.24, 2.45) is 12.0 Å². The van der Waals surface area contributed by atoms with E-state index in [0.29, 0.717) is 78.9 Å². The number of alkyl halides is 3. The van der Waals surface area contributed by atoms with Crippen molar-refractivity contribution in [2.75, 3.05) is 33.4 Å². The minimum absolute atomic E-state index is 0.0427. The molecule has 3 aromatic rings. The van der Waals surface area contributed by atoms with Gasteiger partial charge in [0.1, 0.15) is 12.4 Å². The highest BCUT2D eigenvalue weighted by Gasteiger charge is 2.39. The summed E-state index contributed by atoms with van der Waals surface area (Å²) in [5, 5.41) is 3.71. The van der Waals surface area contributed by atoms with Gasteiger partial charge in [0.15, 0.2) is 5.69 Å². The molecule has 0 bridgehead atoms. The van der Waals surface area contributed by atoms with Crippen LogP contribution in [-0.4, -0.2) is 69.8 Å². The number of benzene rings is 1. The van der Waals surface area contributed by atoms with E-state index in [1.54, 1.807) is 42.5 Å². The Labute approximate surface area is 223 Å². The van der Waals surface area contributed by atoms with Crippen LogP contribution >= 0.6 is 0 Å². The zero-order valence-corrected chi connectivity index (χ0v) is 22.0. The maximum atomic E-state index is 14.0. The number of fused-ring (bicyclic) bond motifs is 1. The number of aromatic nitrogens is 3. The molecule has 0 saturated carbocycles. The predicted molar refractivity (Wildman–Crippen MR) is 137 cm³/mol. The average molecular weight is 543 g/mol. The van der Waals surface area contributed by atoms with Gasteiger partial charge in [0.2, 0.25) is 0 Å². The van der Waals surface area contributed by atoms with Crippen LogP contribution in [0.2, 0.25) is 0 Å². The molecule has 206 valence electrons. The maximum absolute atomic E-state index is 14.0. The number of amides is 1. The smallest absolute Gasteiger partial charge is 0.435 e. The van der Waals surface area contributed by atoms with E-state index in [1.165, 1.54) is 13.2 Å². The first kappa shape index (κ1) is 26.5. The largest absolute Gasteiger partial charge is 0.497 e. The molecule has 2 aromatic heterocycles. The molecular formula is C27H29F3N6O3. The Morgan fingerprint density at radius 1 is 1.10 bits per heavy atom. The van der Waals surface area contributed by atoms with Crippen molar-refractivity contribution < 1.29 is 27.4 Å². The molecule has 0 atom stereocenters. The Bertz CT molecular complexity index is 1420. The van der Waals surface area contributed by atoms with Crippen LogP contribution in [-0.2, 0) is 37.5 Å². The number of methoxy groups -OCH3 is 1. The van der Waals surface area contributed by atoms with E-state index >= 15 is 0 Å². The van der Waals surface area contributed by atoms with Crippen LogP contribution in [0.5, 0.6) is 5.75 Å². The highest BCUT2D eigenvalue weighted by atomic mass is 19.4. The lowest BCUT2D eigenvalue weighted by Crippen LogP contribution is -2.38. The van der Waals surface area contributed by atoms with Gasteiger partial charge < -0.3 is 19.3 Å². The quantitative estimate of drug-likeness (QED) is 0.450. The van der Waals surface area contributed by atoms with E-state index in [2.05, 4.69) is 15.1 Å². The van der Waals surface area contributed by atoms with E-state index in [4.69, 9.17) is 9.47 Å². The van der Waals surface area contributed by atoms with E-state index in [9.17, 15) is 18.0 Å². The Kier molecular flexibility index (Phi) is 7.19. The van der Waals surface area contributed by atoms with E-state index in [1.807, 2.05) is 11.8 Å². The molecule has 39 heavy (non-hydrogen) atoms. The van der Waals surface area contributed by atoms with Crippen LogP contribution in [0.1, 0.15) is 39.8 Å². The minimum atomic E-state index is -4.65. The number of hydrogen-bond acceptors (Lipinski definition) is 6. The molecule has 1 aromatic carbocycles. The molecule has 1 saturated heterocycles. The molecule has 2 aliphatic rings. The number of carbonyl (C=O) groups excluding carboxylic acids is 1. The minimum Gasteiger partial charge on any atom is -0.497 e. The van der Waals surface area contributed by atoms with Gasteiger partial charge in [-0.15, -0.1) is 0 Å². The van der Waals surface area contributed by atoms with Gasteiger partial charge >= 0.3 is 6.18 Å². The van der Waals surface area contributed by atoms with Crippen LogP contribution in [0.4, 0.5) is 13.2 Å². The van der Waals surface area contributed by atoms with Gasteiger partial charge in [0.25, 0.3) is 11.9 Å². The fourth-order valence-corrected chi connectivity index (χ4v) is 5.04. The average Bonchev–Trinajstić information content (AvgIpc) is 3.52. The summed E-state index contributed by atoms with van der Waals surface area (Å²) in [5.41, 5.74) is 1.65. The predicted octanol–water partition coefficient (Wildman–Crippen LogP) is 3.92. The molecule has 0 aliphatic carbocycles. The molecular weight excluding hydrogens is 513 g/mol. The van der Waals surface area contributed by atoms with Crippen molar-refractivity contribution >= 4 is 11.9 Å². The Balaban J connectivity index is 1.57. The number of amidine groups is 1. The van der Waals surface area contributed by atoms with Crippen molar-refractivity contribution in [1.82, 2.24) is 24.6 Å². The molecule has 9 nitrogen and oxygen atoms in total. The molecule has 4 heterocycles. The summed E-state index contributed by atoms with van der Waals surface area (Å²) in [4.78, 5) is 26.1. The van der Waals surface area contributed by atoms with Crippen molar-refractivity contribution in [1.29, 1.82) is 0 Å². The number of aryl methyl sites for hydroxylation is 1. The second-order valence-electron chi connectivity index (χ2n) is 9.42. The normalized spacial score (nSPS) is 16.6. The highest BCUT2D eigenvalue weighted by molar-refractivity contribution is 5.99. The molecule has 0 unspecified atom stereocenters. The van der Waals surface area contributed by atoms with Gasteiger partial charge in [-0.1, -0.05) is 0 Å². The van der Waals surface area contributed by atoms with Gasteiger partial charge in [0, 0.05) is 56.3 Å². The maximum Gasteiger partial charge on any atom is 0.435 e. The van der Waals surface area contributed by atoms with Crippen molar-refractivity contribution in [2.45, 2.75) is 32.6 Å². The number of nitrogens with zero attached hydrogens (tertiary/aromatic N) is 6. The highest BCUT2D eigenvalue weighted by Crippen LogP contribution is 2.40. The van der Waals surface area contributed by atoms with Crippen molar-refractivity contribution in [3.05, 3.63) is 64.7 Å². The van der Waals surface area contributed by atoms with Crippen LogP contribution in [0, 0.1) is 0 Å². The molecule has 0 spiro atoms. The fraction of sp³-hybridized carbons (Fsp3) is 0.407. The molecule has 5 rings (SSSR count). The lowest BCUT2D eigenvalue weighted by atomic mass is 9.88. The number of rotatable bonds is 7. The van der Waals surface area contributed by atoms with E-state index in [0.717, 1.165) is 4.68 Å². The summed E-state index contributed by atoms with van der Waals surface area (Å²) < 4.78 is 54.0. The second-order valence-corrected chi connectivity index (χ2v) is 9.42. The Hall–Kier alpha value is -4.09. The number of pyridine rings is 1. The summed E-state index contributed by atoms with van der Waals surface area (Å²) >= 11 is 0. The van der Waals surface area contributed by atoms with Crippen molar-refractivity contribution in [3.63, 3.8) is 0 Å². The third-order valence-corrected chi connectivity index (χ3v) is 6.75. The first-order valence-corrected chi connectivity index (χ1v) is 12.6. The van der Waals surface area contributed by atoms with Crippen LogP contribution in [0.3, 0.4) is 0 Å². The summed E-state index contributed by atoms with van der Waals surface area (Å²) in [5.74, 6) is 0.365. The number of aliphatic imine (C=N–C) groups is 1. The lowest BCUT2D eigenvalue weighted by Gasteiger charge is -2.31. The Morgan fingerprint density at radius 2 is 1.90 bits per heavy atom. The SMILES string of the molecule is CCN=C1OCCN1Cc1cc2c(c(-c3cn(C)nc3C(F)(F)F)c1)CCN(Cc1cc(OC)ccn1)C2=O. The standard InChI is InChI=1S/C27H29F3N6O3/c1-4-31-26-36(9-10-39-26)14-17-11-21(23-16-34(2)33-24(23)27(28,29)30)20-6-8-35(25(37)22(20)12-17)15-18-13-19(38-3)5-7-32-18/h5,7,11-13,16H,4,6,8-10,14-15H2,1-3H3. The zero-order chi connectivity index (χ0) is 27.7. The Morgan fingerprint density at radius 3 is 2.64 bits per heavy atom. The lowest BCUT2D eigenvalue weighted by molar-refractivity contribution is -0.140. The third kappa shape index (κ3) is 5.41. The van der Waals surface area contributed by atoms with Crippen LogP contribution in [0.25, 0.3) is 11.1 Å². The van der Waals surface area contributed by atoms with Gasteiger partial charge in [-0.05, 0) is 48.2 Å². The monoisotopic (exact) mass is 542 g/mol. The third-order valence-electron chi connectivity index (χ3n) is 6.75. The van der Waals surface area contributed by atoms with Gasteiger partial charge in [-0.3, -0.25) is 14.5 Å². The molecule has 1 fully saturated rings. The molecule has 12 heteroatoms. The number of halogens is 3. The number of ether oxygens (including phenoxy) is 2. The summed E-state index contributed by atoms with van der Waals surface area (Å²) in [6, 6.07) is 7.49. The van der Waals surface area contributed by atoms with Gasteiger partial charge in [-0.2, -0.15) is 18.3 Å². The summed E-state index contributed by atoms with van der Waals surface area (Å²) in [6.45, 7) is 4.43. The van der Waals surface area contributed by atoms with Gasteiger partial charge in [0.05, 0.1) is 25.9 Å². The van der Waals surface area contributed by atoms with Crippen LogP contribution in [0.15, 0.2) is 41.7 Å². The first-order chi connectivity index (χ1) is 18.7. The van der Waals surface area contributed by atoms with E-state index < -0.39 is 11.9 Å². The van der Waals surface area contributed by atoms with Crippen molar-refractivity contribution in [3.8, 4) is 16.9 Å². The fourth-order valence-electron chi connectivity index (χ4n) is 5.04. The van der Waals surface area contributed by atoms with Crippen LogP contribution < -0.4 is 4.74 Å². The first-order valence-electron chi connectivity index (χ1n) is 12.6. The number of hydrogen-bond donors (Lipinski definition) is 0.